The second-order valence-corrected chi connectivity index (χ2v) is 6.19. The monoisotopic (exact) mass is 293 g/mol. The summed E-state index contributed by atoms with van der Waals surface area (Å²) in [4.78, 5) is 25.1. The molecule has 5 heteroatoms. The van der Waals surface area contributed by atoms with Gasteiger partial charge < -0.3 is 10.0 Å². The molecular formula is C15H19NO3S. The van der Waals surface area contributed by atoms with Crippen molar-refractivity contribution >= 4 is 23.6 Å². The van der Waals surface area contributed by atoms with Gasteiger partial charge in [-0.25, -0.2) is 4.79 Å². The highest BCUT2D eigenvalue weighted by atomic mass is 32.2. The molecule has 1 atom stereocenters. The Morgan fingerprint density at radius 2 is 2.05 bits per heavy atom. The van der Waals surface area contributed by atoms with E-state index in [9.17, 15) is 14.7 Å². The fourth-order valence-electron chi connectivity index (χ4n) is 2.49. The lowest BCUT2D eigenvalue weighted by Gasteiger charge is -2.31. The number of carboxylic acid groups (broad SMARTS) is 1. The molecule has 0 aromatic heterocycles. The summed E-state index contributed by atoms with van der Waals surface area (Å²) in [5, 5.41) is 9.29. The molecule has 1 aromatic rings. The number of hydrogen-bond donors (Lipinski definition) is 1. The van der Waals surface area contributed by atoms with Crippen LogP contribution in [0.5, 0.6) is 0 Å². The van der Waals surface area contributed by atoms with Crippen LogP contribution in [0.4, 0.5) is 0 Å². The average molecular weight is 293 g/mol. The van der Waals surface area contributed by atoms with Crippen LogP contribution in [0.3, 0.4) is 0 Å². The van der Waals surface area contributed by atoms with Gasteiger partial charge >= 0.3 is 5.97 Å². The molecule has 0 spiro atoms. The van der Waals surface area contributed by atoms with Crippen molar-refractivity contribution in [3.8, 4) is 0 Å². The molecule has 0 radical (unpaired) electrons. The first-order valence-corrected chi connectivity index (χ1v) is 7.85. The maximum atomic E-state index is 12.2. The molecule has 2 rings (SSSR count). The van der Waals surface area contributed by atoms with Gasteiger partial charge in [-0.2, -0.15) is 0 Å². The minimum atomic E-state index is -1.02. The van der Waals surface area contributed by atoms with E-state index in [0.29, 0.717) is 18.7 Å². The molecule has 1 heterocycles. The Labute approximate surface area is 123 Å². The van der Waals surface area contributed by atoms with Gasteiger partial charge in [-0.05, 0) is 25.3 Å². The summed E-state index contributed by atoms with van der Waals surface area (Å²) in [5.41, 5.74) is 0.150. The van der Waals surface area contributed by atoms with Gasteiger partial charge in [0.15, 0.2) is 0 Å². The summed E-state index contributed by atoms with van der Waals surface area (Å²) in [6.45, 7) is 2.19. The zero-order chi connectivity index (χ0) is 14.6. The van der Waals surface area contributed by atoms with E-state index in [1.165, 1.54) is 22.2 Å². The summed E-state index contributed by atoms with van der Waals surface area (Å²) in [6, 6.07) is 9.95. The first-order chi connectivity index (χ1) is 9.54. The summed E-state index contributed by atoms with van der Waals surface area (Å²) < 4.78 is 0. The summed E-state index contributed by atoms with van der Waals surface area (Å²) in [5.74, 6) is 0.117. The van der Waals surface area contributed by atoms with Crippen LogP contribution in [0, 0.1) is 0 Å². The second-order valence-electron chi connectivity index (χ2n) is 5.21. The Kier molecular flexibility index (Phi) is 4.70. The molecule has 1 aliphatic heterocycles. The lowest BCUT2D eigenvalue weighted by Crippen LogP contribution is -2.51. The summed E-state index contributed by atoms with van der Waals surface area (Å²) >= 11 is 1.53. The molecule has 1 unspecified atom stereocenters. The fourth-order valence-corrected chi connectivity index (χ4v) is 3.35. The number of likely N-dealkylation sites (tertiary alicyclic amines) is 1. The SMILES string of the molecule is CC1(C(=O)O)CCCN1C(=O)CSCc1ccccc1. The smallest absolute Gasteiger partial charge is 0.329 e. The van der Waals surface area contributed by atoms with Crippen LogP contribution in [-0.4, -0.2) is 39.7 Å². The number of carbonyl (C=O) groups excluding carboxylic acids is 1. The fraction of sp³-hybridized carbons (Fsp3) is 0.467. The van der Waals surface area contributed by atoms with E-state index in [1.807, 2.05) is 30.3 Å². The number of carbonyl (C=O) groups is 2. The van der Waals surface area contributed by atoms with Gasteiger partial charge in [0.25, 0.3) is 0 Å². The van der Waals surface area contributed by atoms with Crippen LogP contribution in [-0.2, 0) is 15.3 Å². The van der Waals surface area contributed by atoms with Crippen LogP contribution >= 0.6 is 11.8 Å². The average Bonchev–Trinajstić information content (AvgIpc) is 2.83. The molecule has 20 heavy (non-hydrogen) atoms. The highest BCUT2D eigenvalue weighted by Crippen LogP contribution is 2.30. The van der Waals surface area contributed by atoms with Crippen molar-refractivity contribution in [2.45, 2.75) is 31.1 Å². The lowest BCUT2D eigenvalue weighted by molar-refractivity contribution is -0.154. The van der Waals surface area contributed by atoms with Gasteiger partial charge in [0.1, 0.15) is 5.54 Å². The number of rotatable bonds is 5. The summed E-state index contributed by atoms with van der Waals surface area (Å²) in [6.07, 6.45) is 1.30. The highest BCUT2D eigenvalue weighted by Gasteiger charge is 2.45. The standard InChI is InChI=1S/C15H19NO3S/c1-15(14(18)19)8-5-9-16(15)13(17)11-20-10-12-6-3-2-4-7-12/h2-4,6-7H,5,8-11H2,1H3,(H,18,19). The zero-order valence-electron chi connectivity index (χ0n) is 11.5. The number of aliphatic carboxylic acids is 1. The van der Waals surface area contributed by atoms with Crippen molar-refractivity contribution in [2.75, 3.05) is 12.3 Å². The van der Waals surface area contributed by atoms with Gasteiger partial charge in [0.05, 0.1) is 5.75 Å². The van der Waals surface area contributed by atoms with E-state index < -0.39 is 11.5 Å². The maximum absolute atomic E-state index is 12.2. The number of nitrogens with zero attached hydrogens (tertiary/aromatic N) is 1. The third-order valence-corrected chi connectivity index (χ3v) is 4.73. The minimum absolute atomic E-state index is 0.0756. The molecular weight excluding hydrogens is 274 g/mol. The molecule has 0 aliphatic carbocycles. The van der Waals surface area contributed by atoms with E-state index in [1.54, 1.807) is 6.92 Å². The van der Waals surface area contributed by atoms with E-state index in [2.05, 4.69) is 0 Å². The van der Waals surface area contributed by atoms with Crippen molar-refractivity contribution in [1.82, 2.24) is 4.90 Å². The largest absolute Gasteiger partial charge is 0.480 e. The normalized spacial score (nSPS) is 21.9. The van der Waals surface area contributed by atoms with Crippen LogP contribution in [0.15, 0.2) is 30.3 Å². The first-order valence-electron chi connectivity index (χ1n) is 6.69. The molecule has 0 bridgehead atoms. The van der Waals surface area contributed by atoms with Gasteiger partial charge in [-0.3, -0.25) is 4.79 Å². The van der Waals surface area contributed by atoms with Crippen LogP contribution in [0.1, 0.15) is 25.3 Å². The molecule has 1 aromatic carbocycles. The predicted octanol–water partition coefficient (Wildman–Crippen LogP) is 2.39. The van der Waals surface area contributed by atoms with Crippen LogP contribution in [0.25, 0.3) is 0 Å². The van der Waals surface area contributed by atoms with E-state index in [4.69, 9.17) is 0 Å². The zero-order valence-corrected chi connectivity index (χ0v) is 12.4. The van der Waals surface area contributed by atoms with E-state index in [0.717, 1.165) is 12.2 Å². The molecule has 4 nitrogen and oxygen atoms in total. The molecule has 0 saturated carbocycles. The molecule has 108 valence electrons. The maximum Gasteiger partial charge on any atom is 0.329 e. The Bertz CT molecular complexity index is 491. The quantitative estimate of drug-likeness (QED) is 0.905. The highest BCUT2D eigenvalue weighted by molar-refractivity contribution is 7.99. The second kappa shape index (κ2) is 6.31. The molecule has 1 saturated heterocycles. The number of benzene rings is 1. The van der Waals surface area contributed by atoms with Crippen LogP contribution in [0.2, 0.25) is 0 Å². The minimum Gasteiger partial charge on any atom is -0.480 e. The molecule has 1 aliphatic rings. The molecule has 1 fully saturated rings. The van der Waals surface area contributed by atoms with E-state index in [-0.39, 0.29) is 5.91 Å². The Morgan fingerprint density at radius 3 is 2.70 bits per heavy atom. The number of hydrogen-bond acceptors (Lipinski definition) is 3. The Balaban J connectivity index is 1.87. The van der Waals surface area contributed by atoms with Gasteiger partial charge in [0, 0.05) is 12.3 Å². The van der Waals surface area contributed by atoms with Gasteiger partial charge in [0.2, 0.25) is 5.91 Å². The van der Waals surface area contributed by atoms with Crippen molar-refractivity contribution in [3.63, 3.8) is 0 Å². The van der Waals surface area contributed by atoms with Crippen molar-refractivity contribution in [2.24, 2.45) is 0 Å². The van der Waals surface area contributed by atoms with Crippen molar-refractivity contribution in [3.05, 3.63) is 35.9 Å². The third-order valence-electron chi connectivity index (χ3n) is 3.74. The van der Waals surface area contributed by atoms with Gasteiger partial charge in [-0.1, -0.05) is 30.3 Å². The van der Waals surface area contributed by atoms with Crippen molar-refractivity contribution in [1.29, 1.82) is 0 Å². The van der Waals surface area contributed by atoms with Crippen LogP contribution < -0.4 is 0 Å². The summed E-state index contributed by atoms with van der Waals surface area (Å²) in [7, 11) is 0. The number of carboxylic acids is 1. The predicted molar refractivity (Wildman–Crippen MR) is 79.6 cm³/mol. The third kappa shape index (κ3) is 3.15. The van der Waals surface area contributed by atoms with Gasteiger partial charge in [-0.15, -0.1) is 11.8 Å². The molecule has 1 amide bonds. The Hall–Kier alpha value is -1.49. The number of amides is 1. The lowest BCUT2D eigenvalue weighted by atomic mass is 9.99. The van der Waals surface area contributed by atoms with Crippen molar-refractivity contribution < 1.29 is 14.7 Å². The first kappa shape index (κ1) is 14.9. The molecule has 1 N–H and O–H groups in total. The van der Waals surface area contributed by atoms with E-state index >= 15 is 0 Å². The number of thioether (sulfide) groups is 1. The topological polar surface area (TPSA) is 57.6 Å². The Morgan fingerprint density at radius 1 is 1.35 bits per heavy atom.